The molecule has 0 bridgehead atoms. The summed E-state index contributed by atoms with van der Waals surface area (Å²) in [7, 11) is 3.22. The molecule has 0 saturated heterocycles. The molecule has 1 aromatic carbocycles. The van der Waals surface area contributed by atoms with Gasteiger partial charge in [0.25, 0.3) is 0 Å². The molecule has 1 rings (SSSR count). The van der Waals surface area contributed by atoms with Gasteiger partial charge in [0.15, 0.2) is 11.5 Å². The maximum absolute atomic E-state index is 9.38. The van der Waals surface area contributed by atoms with Crippen molar-refractivity contribution in [3.8, 4) is 17.6 Å². The first-order valence-corrected chi connectivity index (χ1v) is 6.33. The van der Waals surface area contributed by atoms with E-state index in [2.05, 4.69) is 19.9 Å². The summed E-state index contributed by atoms with van der Waals surface area (Å²) in [5.41, 5.74) is 1.00. The second-order valence-corrected chi connectivity index (χ2v) is 4.30. The van der Waals surface area contributed by atoms with Crippen LogP contribution in [0.4, 0.5) is 0 Å². The first kappa shape index (κ1) is 14.4. The molecule has 0 aliphatic carbocycles. The lowest BCUT2D eigenvalue weighted by atomic mass is 9.83. The van der Waals surface area contributed by atoms with Gasteiger partial charge in [0, 0.05) is 0 Å². The van der Waals surface area contributed by atoms with Crippen LogP contribution < -0.4 is 9.47 Å². The largest absolute Gasteiger partial charge is 0.493 e. The summed E-state index contributed by atoms with van der Waals surface area (Å²) >= 11 is 0. The topological polar surface area (TPSA) is 42.2 Å². The molecular weight excluding hydrogens is 226 g/mol. The van der Waals surface area contributed by atoms with Gasteiger partial charge in [-0.25, -0.2) is 0 Å². The van der Waals surface area contributed by atoms with E-state index in [1.807, 2.05) is 18.2 Å². The number of benzene rings is 1. The van der Waals surface area contributed by atoms with Gasteiger partial charge in [-0.15, -0.1) is 0 Å². The van der Waals surface area contributed by atoms with Crippen molar-refractivity contribution in [2.24, 2.45) is 5.92 Å². The molecule has 0 radical (unpaired) electrons. The van der Waals surface area contributed by atoms with E-state index in [9.17, 15) is 5.26 Å². The quantitative estimate of drug-likeness (QED) is 0.768. The van der Waals surface area contributed by atoms with Crippen molar-refractivity contribution < 1.29 is 9.47 Å². The second-order valence-electron chi connectivity index (χ2n) is 4.30. The number of methoxy groups -OCH3 is 2. The fourth-order valence-corrected chi connectivity index (χ4v) is 2.26. The Kier molecular flexibility index (Phi) is 5.51. The summed E-state index contributed by atoms with van der Waals surface area (Å²) in [5.74, 6) is 1.68. The van der Waals surface area contributed by atoms with E-state index in [4.69, 9.17) is 9.47 Å². The Labute approximate surface area is 109 Å². The highest BCUT2D eigenvalue weighted by molar-refractivity contribution is 5.45. The van der Waals surface area contributed by atoms with Crippen molar-refractivity contribution in [3.63, 3.8) is 0 Å². The molecule has 0 heterocycles. The van der Waals surface area contributed by atoms with Gasteiger partial charge in [0.2, 0.25) is 0 Å². The molecule has 1 aromatic rings. The third-order valence-electron chi connectivity index (χ3n) is 3.43. The zero-order valence-electron chi connectivity index (χ0n) is 11.6. The SMILES string of the molecule is CCC(CC)C(C#N)c1ccc(OC)c(OC)c1. The van der Waals surface area contributed by atoms with Crippen molar-refractivity contribution in [3.05, 3.63) is 23.8 Å². The Morgan fingerprint density at radius 2 is 1.72 bits per heavy atom. The summed E-state index contributed by atoms with van der Waals surface area (Å²) in [6, 6.07) is 8.13. The maximum Gasteiger partial charge on any atom is 0.161 e. The van der Waals surface area contributed by atoms with E-state index < -0.39 is 0 Å². The van der Waals surface area contributed by atoms with Crippen LogP contribution in [0.5, 0.6) is 11.5 Å². The Balaban J connectivity index is 3.11. The molecule has 18 heavy (non-hydrogen) atoms. The number of nitriles is 1. The molecule has 3 nitrogen and oxygen atoms in total. The molecular formula is C15H21NO2. The van der Waals surface area contributed by atoms with Gasteiger partial charge in [-0.05, 0) is 23.6 Å². The van der Waals surface area contributed by atoms with Crippen LogP contribution in [-0.4, -0.2) is 14.2 Å². The van der Waals surface area contributed by atoms with E-state index in [0.717, 1.165) is 18.4 Å². The number of hydrogen-bond donors (Lipinski definition) is 0. The van der Waals surface area contributed by atoms with Crippen molar-refractivity contribution in [2.75, 3.05) is 14.2 Å². The highest BCUT2D eigenvalue weighted by Gasteiger charge is 2.21. The molecule has 3 heteroatoms. The summed E-state index contributed by atoms with van der Waals surface area (Å²) in [4.78, 5) is 0. The van der Waals surface area contributed by atoms with Gasteiger partial charge in [0.1, 0.15) is 0 Å². The Morgan fingerprint density at radius 1 is 1.11 bits per heavy atom. The predicted molar refractivity (Wildman–Crippen MR) is 72.0 cm³/mol. The van der Waals surface area contributed by atoms with Crippen molar-refractivity contribution >= 4 is 0 Å². The first-order valence-electron chi connectivity index (χ1n) is 6.33. The normalized spacial score (nSPS) is 12.0. The lowest BCUT2D eigenvalue weighted by Gasteiger charge is -2.20. The first-order chi connectivity index (χ1) is 8.71. The average molecular weight is 247 g/mol. The highest BCUT2D eigenvalue weighted by atomic mass is 16.5. The summed E-state index contributed by atoms with van der Waals surface area (Å²) in [6.45, 7) is 4.25. The van der Waals surface area contributed by atoms with Gasteiger partial charge in [-0.1, -0.05) is 32.8 Å². The zero-order chi connectivity index (χ0) is 13.5. The lowest BCUT2D eigenvalue weighted by Crippen LogP contribution is -2.10. The molecule has 98 valence electrons. The van der Waals surface area contributed by atoms with E-state index in [1.54, 1.807) is 14.2 Å². The fraction of sp³-hybridized carbons (Fsp3) is 0.533. The van der Waals surface area contributed by atoms with Crippen LogP contribution in [0.15, 0.2) is 18.2 Å². The summed E-state index contributed by atoms with van der Waals surface area (Å²) in [5, 5.41) is 9.38. The van der Waals surface area contributed by atoms with E-state index in [1.165, 1.54) is 0 Å². The van der Waals surface area contributed by atoms with Gasteiger partial charge in [0.05, 0.1) is 26.2 Å². The molecule has 1 unspecified atom stereocenters. The average Bonchev–Trinajstić information content (AvgIpc) is 2.43. The molecule has 0 amide bonds. The fourth-order valence-electron chi connectivity index (χ4n) is 2.26. The van der Waals surface area contributed by atoms with E-state index in [0.29, 0.717) is 17.4 Å². The predicted octanol–water partition coefficient (Wildman–Crippen LogP) is 3.75. The van der Waals surface area contributed by atoms with Crippen LogP contribution in [0, 0.1) is 17.2 Å². The standard InChI is InChI=1S/C15H21NO2/c1-5-11(6-2)13(10-16)12-7-8-14(17-3)15(9-12)18-4/h7-9,11,13H,5-6H2,1-4H3. The molecule has 0 aliphatic heterocycles. The lowest BCUT2D eigenvalue weighted by molar-refractivity contribution is 0.353. The summed E-state index contributed by atoms with van der Waals surface area (Å²) < 4.78 is 10.5. The number of hydrogen-bond acceptors (Lipinski definition) is 3. The van der Waals surface area contributed by atoms with E-state index >= 15 is 0 Å². The van der Waals surface area contributed by atoms with Crippen molar-refractivity contribution in [2.45, 2.75) is 32.6 Å². The Hall–Kier alpha value is -1.69. The van der Waals surface area contributed by atoms with Gasteiger partial charge in [-0.3, -0.25) is 0 Å². The molecule has 0 N–H and O–H groups in total. The third kappa shape index (κ3) is 2.95. The summed E-state index contributed by atoms with van der Waals surface area (Å²) in [6.07, 6.45) is 2.01. The van der Waals surface area contributed by atoms with Gasteiger partial charge >= 0.3 is 0 Å². The Bertz CT molecular complexity index is 419. The van der Waals surface area contributed by atoms with Gasteiger partial charge in [-0.2, -0.15) is 5.26 Å². The minimum atomic E-state index is -0.0835. The molecule has 0 spiro atoms. The Morgan fingerprint density at radius 3 is 2.17 bits per heavy atom. The van der Waals surface area contributed by atoms with Crippen LogP contribution >= 0.6 is 0 Å². The molecule has 0 saturated carbocycles. The van der Waals surface area contributed by atoms with E-state index in [-0.39, 0.29) is 5.92 Å². The minimum Gasteiger partial charge on any atom is -0.493 e. The number of nitrogens with zero attached hydrogens (tertiary/aromatic N) is 1. The third-order valence-corrected chi connectivity index (χ3v) is 3.43. The minimum absolute atomic E-state index is 0.0835. The van der Waals surface area contributed by atoms with Crippen molar-refractivity contribution in [1.82, 2.24) is 0 Å². The van der Waals surface area contributed by atoms with Crippen LogP contribution in [0.1, 0.15) is 38.2 Å². The van der Waals surface area contributed by atoms with Crippen LogP contribution in [0.2, 0.25) is 0 Å². The van der Waals surface area contributed by atoms with Crippen LogP contribution in [0.25, 0.3) is 0 Å². The number of ether oxygens (including phenoxy) is 2. The maximum atomic E-state index is 9.38. The van der Waals surface area contributed by atoms with Gasteiger partial charge < -0.3 is 9.47 Å². The van der Waals surface area contributed by atoms with Crippen molar-refractivity contribution in [1.29, 1.82) is 5.26 Å². The molecule has 1 atom stereocenters. The van der Waals surface area contributed by atoms with Crippen LogP contribution in [0.3, 0.4) is 0 Å². The zero-order valence-corrected chi connectivity index (χ0v) is 11.6. The molecule has 0 aromatic heterocycles. The molecule has 0 fully saturated rings. The highest BCUT2D eigenvalue weighted by Crippen LogP contribution is 2.35. The second kappa shape index (κ2) is 6.90. The smallest absolute Gasteiger partial charge is 0.161 e. The monoisotopic (exact) mass is 247 g/mol. The van der Waals surface area contributed by atoms with Crippen LogP contribution in [-0.2, 0) is 0 Å². The molecule has 0 aliphatic rings. The number of rotatable bonds is 6.